The SMILES string of the molecule is C[C@@H]1[C@@H]([Si](C)(C)F)[C@H](CC(=O)N(CCO)Cc2ccccc2)O[C@@]12C(=O)N(Cc1cccc(NC(=O)c3ccc(N)cc3)c1)c1ccc(Br)cc12. The van der Waals surface area contributed by atoms with Gasteiger partial charge in [-0.1, -0.05) is 65.3 Å². The van der Waals surface area contributed by atoms with Crippen LogP contribution in [0, 0.1) is 5.92 Å². The lowest BCUT2D eigenvalue weighted by Crippen LogP contribution is -2.45. The third-order valence-electron chi connectivity index (χ3n) is 9.94. The van der Waals surface area contributed by atoms with Crippen molar-refractivity contribution in [3.05, 3.63) is 124 Å². The number of rotatable bonds is 11. The molecular weight excluding hydrogens is 731 g/mol. The van der Waals surface area contributed by atoms with Crippen molar-refractivity contribution in [3.63, 3.8) is 0 Å². The first kappa shape index (κ1) is 36.4. The predicted octanol–water partition coefficient (Wildman–Crippen LogP) is 7.02. The predicted molar refractivity (Wildman–Crippen MR) is 202 cm³/mol. The minimum atomic E-state index is -3.53. The monoisotopic (exact) mass is 772 g/mol. The number of hydrogen-bond donors (Lipinski definition) is 3. The molecule has 1 spiro atoms. The van der Waals surface area contributed by atoms with E-state index < -0.39 is 31.6 Å². The van der Waals surface area contributed by atoms with E-state index in [4.69, 9.17) is 10.5 Å². The van der Waals surface area contributed by atoms with E-state index in [1.54, 1.807) is 53.2 Å². The third-order valence-corrected chi connectivity index (χ3v) is 12.9. The quantitative estimate of drug-likeness (QED) is 0.0856. The first-order valence-corrected chi connectivity index (χ1v) is 20.7. The van der Waals surface area contributed by atoms with Crippen molar-refractivity contribution in [2.75, 3.05) is 29.1 Å². The van der Waals surface area contributed by atoms with Gasteiger partial charge in [-0.15, -0.1) is 0 Å². The summed E-state index contributed by atoms with van der Waals surface area (Å²) in [6, 6.07) is 28.9. The number of hydrogen-bond acceptors (Lipinski definition) is 6. The number of benzene rings is 4. The molecule has 1 saturated heterocycles. The number of aliphatic hydroxyl groups excluding tert-OH is 1. The number of amides is 3. The Balaban J connectivity index is 1.29. The second kappa shape index (κ2) is 14.7. The minimum absolute atomic E-state index is 0.115. The van der Waals surface area contributed by atoms with Gasteiger partial charge in [0.25, 0.3) is 11.8 Å². The average Bonchev–Trinajstić information content (AvgIpc) is 3.51. The fourth-order valence-electron chi connectivity index (χ4n) is 7.66. The Morgan fingerprint density at radius 2 is 1.73 bits per heavy atom. The summed E-state index contributed by atoms with van der Waals surface area (Å²) < 4.78 is 24.0. The van der Waals surface area contributed by atoms with Crippen LogP contribution in [0.15, 0.2) is 102 Å². The van der Waals surface area contributed by atoms with Crippen LogP contribution in [0.1, 0.15) is 40.4 Å². The summed E-state index contributed by atoms with van der Waals surface area (Å²) in [5.41, 5.74) is 8.09. The van der Waals surface area contributed by atoms with Crippen LogP contribution in [0.5, 0.6) is 0 Å². The van der Waals surface area contributed by atoms with Gasteiger partial charge in [0, 0.05) is 51.5 Å². The van der Waals surface area contributed by atoms with E-state index in [1.807, 2.05) is 73.7 Å². The van der Waals surface area contributed by atoms with Gasteiger partial charge >= 0.3 is 0 Å². The molecule has 2 heterocycles. The molecule has 1 fully saturated rings. The number of nitrogens with one attached hydrogen (secondary N) is 1. The first-order chi connectivity index (χ1) is 24.3. The van der Waals surface area contributed by atoms with Gasteiger partial charge in [0.1, 0.15) is 0 Å². The molecule has 0 saturated carbocycles. The van der Waals surface area contributed by atoms with E-state index in [-0.39, 0.29) is 50.4 Å². The van der Waals surface area contributed by atoms with Gasteiger partial charge in [0.05, 0.1) is 31.4 Å². The Labute approximate surface area is 306 Å². The largest absolute Gasteiger partial charge is 0.399 e. The maximum Gasteiger partial charge on any atom is 0.264 e. The van der Waals surface area contributed by atoms with Gasteiger partial charge in [0.15, 0.2) is 5.60 Å². The molecule has 12 heteroatoms. The van der Waals surface area contributed by atoms with Crippen LogP contribution in [0.4, 0.5) is 21.2 Å². The Kier molecular flexibility index (Phi) is 10.5. The second-order valence-electron chi connectivity index (χ2n) is 13.8. The van der Waals surface area contributed by atoms with E-state index in [1.165, 1.54) is 0 Å². The Hall–Kier alpha value is -4.36. The molecule has 0 unspecified atom stereocenters. The fraction of sp³-hybridized carbons (Fsp3) is 0.308. The molecule has 0 aliphatic carbocycles. The summed E-state index contributed by atoms with van der Waals surface area (Å²) in [7, 11) is -3.53. The normalized spacial score (nSPS) is 21.2. The van der Waals surface area contributed by atoms with E-state index in [9.17, 15) is 19.5 Å². The van der Waals surface area contributed by atoms with Crippen molar-refractivity contribution >= 4 is 59.1 Å². The van der Waals surface area contributed by atoms with Crippen LogP contribution in [0.25, 0.3) is 0 Å². The Morgan fingerprint density at radius 1 is 1.02 bits per heavy atom. The molecule has 9 nitrogen and oxygen atoms in total. The summed E-state index contributed by atoms with van der Waals surface area (Å²) >= 11 is 3.57. The van der Waals surface area contributed by atoms with Crippen LogP contribution >= 0.6 is 15.9 Å². The second-order valence-corrected chi connectivity index (χ2v) is 18.5. The number of carbonyl (C=O) groups is 3. The number of nitrogens with two attached hydrogens (primary N) is 1. The number of ether oxygens (including phenoxy) is 1. The molecule has 4 aromatic carbocycles. The molecule has 6 rings (SSSR count). The van der Waals surface area contributed by atoms with Crippen molar-refractivity contribution < 1.29 is 28.3 Å². The lowest BCUT2D eigenvalue weighted by atomic mass is 9.82. The molecule has 4 N–H and O–H groups in total. The van der Waals surface area contributed by atoms with E-state index in [2.05, 4.69) is 21.2 Å². The number of nitrogens with zero attached hydrogens (tertiary/aromatic N) is 2. The summed E-state index contributed by atoms with van der Waals surface area (Å²) in [6.07, 6.45) is -0.991. The lowest BCUT2D eigenvalue weighted by Gasteiger charge is -2.31. The minimum Gasteiger partial charge on any atom is -0.399 e. The number of aliphatic hydroxyl groups is 1. The van der Waals surface area contributed by atoms with Crippen molar-refractivity contribution in [3.8, 4) is 0 Å². The van der Waals surface area contributed by atoms with Crippen LogP contribution in [-0.2, 0) is 33.0 Å². The highest BCUT2D eigenvalue weighted by Crippen LogP contribution is 2.60. The Morgan fingerprint density at radius 3 is 2.41 bits per heavy atom. The smallest absolute Gasteiger partial charge is 0.264 e. The molecule has 51 heavy (non-hydrogen) atoms. The summed E-state index contributed by atoms with van der Waals surface area (Å²) in [5, 5.41) is 12.7. The maximum absolute atomic E-state index is 16.4. The highest BCUT2D eigenvalue weighted by atomic mass is 79.9. The van der Waals surface area contributed by atoms with E-state index in [0.717, 1.165) is 15.6 Å². The highest BCUT2D eigenvalue weighted by molar-refractivity contribution is 9.10. The van der Waals surface area contributed by atoms with Gasteiger partial charge in [-0.3, -0.25) is 14.4 Å². The van der Waals surface area contributed by atoms with Crippen molar-refractivity contribution in [1.82, 2.24) is 4.90 Å². The van der Waals surface area contributed by atoms with E-state index >= 15 is 4.11 Å². The number of halogens is 2. The maximum atomic E-state index is 16.4. The third kappa shape index (κ3) is 7.36. The van der Waals surface area contributed by atoms with Crippen molar-refractivity contribution in [1.29, 1.82) is 0 Å². The molecule has 3 amide bonds. The summed E-state index contributed by atoms with van der Waals surface area (Å²) in [4.78, 5) is 44.8. The number of anilines is 3. The van der Waals surface area contributed by atoms with Crippen molar-refractivity contribution in [2.24, 2.45) is 5.92 Å². The van der Waals surface area contributed by atoms with Gasteiger partial charge in [-0.25, -0.2) is 0 Å². The fourth-order valence-corrected chi connectivity index (χ4v) is 10.5. The highest BCUT2D eigenvalue weighted by Gasteiger charge is 2.67. The zero-order chi connectivity index (χ0) is 36.5. The van der Waals surface area contributed by atoms with Gasteiger partial charge in [-0.2, -0.15) is 0 Å². The molecule has 4 aromatic rings. The number of fused-ring (bicyclic) bond motifs is 2. The number of carbonyl (C=O) groups excluding carboxylic acids is 3. The molecule has 266 valence electrons. The molecular formula is C39H42BrFN4O5Si. The topological polar surface area (TPSA) is 125 Å². The zero-order valence-corrected chi connectivity index (χ0v) is 31.4. The molecule has 0 bridgehead atoms. The number of nitrogen functional groups attached to an aromatic ring is 1. The van der Waals surface area contributed by atoms with Crippen molar-refractivity contribution in [2.45, 2.75) is 56.8 Å². The van der Waals surface area contributed by atoms with Crippen LogP contribution in [0.3, 0.4) is 0 Å². The van der Waals surface area contributed by atoms with Gasteiger partial charge < -0.3 is 34.8 Å². The molecule has 4 atom stereocenters. The van der Waals surface area contributed by atoms with Crippen LogP contribution < -0.4 is 16.0 Å². The standard InChI is InChI=1S/C39H42BrFN4O5Si/c1-25-36(51(2,3)41)34(22-35(47)44(18-19-46)23-26-8-5-4-6-9-26)50-39(25)32-21-29(40)14-17-33(32)45(38(39)49)24-27-10-7-11-31(20-27)43-37(48)28-12-15-30(42)16-13-28/h4-17,20-21,25,34,36,46H,18-19,22-24,42H2,1-3H3,(H,43,48)/t25-,34+,36-,39+/m1/s1. The van der Waals surface area contributed by atoms with E-state index in [0.29, 0.717) is 28.2 Å². The van der Waals surface area contributed by atoms with Crippen LogP contribution in [0.2, 0.25) is 18.6 Å². The zero-order valence-electron chi connectivity index (χ0n) is 28.8. The average molecular weight is 774 g/mol. The van der Waals surface area contributed by atoms with Gasteiger partial charge in [0.2, 0.25) is 14.3 Å². The molecule has 0 aromatic heterocycles. The van der Waals surface area contributed by atoms with Crippen LogP contribution in [-0.4, -0.2) is 55.4 Å². The molecule has 2 aliphatic heterocycles. The summed E-state index contributed by atoms with van der Waals surface area (Å²) in [5.74, 6) is -1.48. The molecule has 0 radical (unpaired) electrons. The molecule has 2 aliphatic rings. The summed E-state index contributed by atoms with van der Waals surface area (Å²) in [6.45, 7) is 5.42. The van der Waals surface area contributed by atoms with Gasteiger partial charge in [-0.05, 0) is 78.8 Å². The lowest BCUT2D eigenvalue weighted by molar-refractivity contribution is -0.150. The Bertz CT molecular complexity index is 1930. The first-order valence-electron chi connectivity index (χ1n) is 17.0.